The number of hydrogen-bond donors (Lipinski definition) is 1. The van der Waals surface area contributed by atoms with Gasteiger partial charge in [-0.2, -0.15) is 0 Å². The van der Waals surface area contributed by atoms with Gasteiger partial charge in [0.05, 0.1) is 18.5 Å². The minimum Gasteiger partial charge on any atom is -0.494 e. The summed E-state index contributed by atoms with van der Waals surface area (Å²) < 4.78 is 6.90. The van der Waals surface area contributed by atoms with Gasteiger partial charge >= 0.3 is 0 Å². The number of nitrogens with zero attached hydrogens (tertiary/aromatic N) is 1. The normalized spacial score (nSPS) is 10.8. The summed E-state index contributed by atoms with van der Waals surface area (Å²) in [5.41, 5.74) is 3.19. The van der Waals surface area contributed by atoms with Gasteiger partial charge in [-0.05, 0) is 48.4 Å². The van der Waals surface area contributed by atoms with Gasteiger partial charge in [0.1, 0.15) is 11.6 Å². The van der Waals surface area contributed by atoms with Crippen molar-refractivity contribution in [3.05, 3.63) is 59.2 Å². The predicted octanol–water partition coefficient (Wildman–Crippen LogP) is 6.86. The summed E-state index contributed by atoms with van der Waals surface area (Å²) >= 11 is 3.46. The maximum atomic E-state index is 5.83. The molecule has 1 heterocycles. The van der Waals surface area contributed by atoms with Crippen LogP contribution in [-0.4, -0.2) is 16.6 Å². The van der Waals surface area contributed by atoms with Crippen LogP contribution in [0, 0.1) is 0 Å². The van der Waals surface area contributed by atoms with Crippen molar-refractivity contribution in [1.29, 1.82) is 0 Å². The molecule has 2 aromatic carbocycles. The summed E-state index contributed by atoms with van der Waals surface area (Å²) in [6.07, 6.45) is 8.15. The summed E-state index contributed by atoms with van der Waals surface area (Å²) in [5.74, 6) is 1.80. The quantitative estimate of drug-likeness (QED) is 0.389. The van der Waals surface area contributed by atoms with E-state index in [0.29, 0.717) is 0 Å². The van der Waals surface area contributed by atoms with Gasteiger partial charge in [0, 0.05) is 10.0 Å². The van der Waals surface area contributed by atoms with Crippen LogP contribution < -0.4 is 4.74 Å². The first-order valence-corrected chi connectivity index (χ1v) is 10.1. The van der Waals surface area contributed by atoms with Crippen LogP contribution in [0.5, 0.6) is 5.75 Å². The Morgan fingerprint density at radius 2 is 1.58 bits per heavy atom. The van der Waals surface area contributed by atoms with E-state index in [-0.39, 0.29) is 0 Å². The van der Waals surface area contributed by atoms with E-state index >= 15 is 0 Å². The summed E-state index contributed by atoms with van der Waals surface area (Å²) in [4.78, 5) is 7.89. The summed E-state index contributed by atoms with van der Waals surface area (Å²) in [6.45, 7) is 3.03. The van der Waals surface area contributed by atoms with Crippen LogP contribution in [0.2, 0.25) is 0 Å². The van der Waals surface area contributed by atoms with Crippen LogP contribution >= 0.6 is 15.9 Å². The van der Waals surface area contributed by atoms with Crippen LogP contribution in [0.25, 0.3) is 22.6 Å². The number of benzene rings is 2. The molecule has 0 amide bonds. The lowest BCUT2D eigenvalue weighted by Crippen LogP contribution is -1.97. The largest absolute Gasteiger partial charge is 0.494 e. The number of aromatic nitrogens is 2. The molecule has 0 saturated heterocycles. The van der Waals surface area contributed by atoms with Crippen molar-refractivity contribution in [3.63, 3.8) is 0 Å². The second kappa shape index (κ2) is 9.58. The Labute approximate surface area is 164 Å². The molecule has 3 nitrogen and oxygen atoms in total. The zero-order valence-electron chi connectivity index (χ0n) is 15.2. The number of aromatic amines is 1. The molecule has 0 spiro atoms. The number of unbranched alkanes of at least 4 members (excludes halogenated alkanes) is 4. The van der Waals surface area contributed by atoms with Gasteiger partial charge in [0.2, 0.25) is 0 Å². The van der Waals surface area contributed by atoms with Gasteiger partial charge < -0.3 is 9.72 Å². The van der Waals surface area contributed by atoms with E-state index in [4.69, 9.17) is 4.74 Å². The van der Waals surface area contributed by atoms with E-state index in [9.17, 15) is 0 Å². The molecule has 0 aliphatic heterocycles. The number of halogens is 1. The number of ether oxygens (including phenoxy) is 1. The van der Waals surface area contributed by atoms with Gasteiger partial charge in [0.15, 0.2) is 0 Å². The highest BCUT2D eigenvalue weighted by Gasteiger charge is 2.06. The zero-order chi connectivity index (χ0) is 18.2. The Bertz CT molecular complexity index is 794. The third-order valence-corrected chi connectivity index (χ3v) is 4.90. The first-order valence-electron chi connectivity index (χ1n) is 9.30. The van der Waals surface area contributed by atoms with Crippen molar-refractivity contribution in [3.8, 4) is 28.4 Å². The molecule has 4 heteroatoms. The lowest BCUT2D eigenvalue weighted by atomic mass is 10.1. The second-order valence-electron chi connectivity index (χ2n) is 6.44. The Morgan fingerprint density at radius 1 is 0.885 bits per heavy atom. The van der Waals surface area contributed by atoms with Gasteiger partial charge in [0.25, 0.3) is 0 Å². The molecule has 3 rings (SSSR count). The van der Waals surface area contributed by atoms with E-state index < -0.39 is 0 Å². The lowest BCUT2D eigenvalue weighted by Gasteiger charge is -2.06. The average molecular weight is 413 g/mol. The van der Waals surface area contributed by atoms with E-state index in [1.54, 1.807) is 0 Å². The summed E-state index contributed by atoms with van der Waals surface area (Å²) in [7, 11) is 0. The minimum absolute atomic E-state index is 0.792. The number of rotatable bonds is 9. The van der Waals surface area contributed by atoms with Crippen LogP contribution in [0.1, 0.15) is 39.0 Å². The van der Waals surface area contributed by atoms with E-state index in [1.165, 1.54) is 25.7 Å². The minimum atomic E-state index is 0.792. The average Bonchev–Trinajstić information content (AvgIpc) is 3.16. The number of imidazole rings is 1. The number of H-pyrrole nitrogens is 1. The lowest BCUT2D eigenvalue weighted by molar-refractivity contribution is 0.304. The van der Waals surface area contributed by atoms with Crippen LogP contribution in [0.3, 0.4) is 0 Å². The van der Waals surface area contributed by atoms with Gasteiger partial charge in [-0.3, -0.25) is 0 Å². The molecule has 1 N–H and O–H groups in total. The molecular weight excluding hydrogens is 388 g/mol. The third-order valence-electron chi connectivity index (χ3n) is 4.38. The summed E-state index contributed by atoms with van der Waals surface area (Å²) in [6, 6.07) is 16.3. The van der Waals surface area contributed by atoms with E-state index in [1.807, 2.05) is 42.6 Å². The maximum Gasteiger partial charge on any atom is 0.137 e. The van der Waals surface area contributed by atoms with Crippen LogP contribution in [0.15, 0.2) is 59.2 Å². The van der Waals surface area contributed by atoms with Gasteiger partial charge in [-0.15, -0.1) is 0 Å². The fraction of sp³-hybridized carbons (Fsp3) is 0.318. The zero-order valence-corrected chi connectivity index (χ0v) is 16.8. The molecule has 1 aromatic heterocycles. The van der Waals surface area contributed by atoms with Crippen molar-refractivity contribution in [1.82, 2.24) is 9.97 Å². The van der Waals surface area contributed by atoms with Crippen molar-refractivity contribution in [2.24, 2.45) is 0 Å². The fourth-order valence-electron chi connectivity index (χ4n) is 2.85. The highest BCUT2D eigenvalue weighted by atomic mass is 79.9. The Hall–Kier alpha value is -2.07. The Balaban J connectivity index is 1.56. The smallest absolute Gasteiger partial charge is 0.137 e. The molecule has 26 heavy (non-hydrogen) atoms. The molecule has 0 unspecified atom stereocenters. The van der Waals surface area contributed by atoms with Crippen molar-refractivity contribution < 1.29 is 4.74 Å². The molecule has 0 atom stereocenters. The molecule has 0 bridgehead atoms. The number of hydrogen-bond acceptors (Lipinski definition) is 2. The van der Waals surface area contributed by atoms with Crippen LogP contribution in [0.4, 0.5) is 0 Å². The molecule has 0 aliphatic carbocycles. The monoisotopic (exact) mass is 412 g/mol. The topological polar surface area (TPSA) is 37.9 Å². The standard InChI is InChI=1S/C22H25BrN2O/c1-2-3-4-5-6-15-26-20-13-9-17(10-14-20)21-16-24-22(25-21)18-7-11-19(23)12-8-18/h7-14,16H,2-6,15H2,1H3,(H,24,25). The Morgan fingerprint density at radius 3 is 2.31 bits per heavy atom. The highest BCUT2D eigenvalue weighted by molar-refractivity contribution is 9.10. The second-order valence-corrected chi connectivity index (χ2v) is 7.36. The van der Waals surface area contributed by atoms with E-state index in [2.05, 4.69) is 45.0 Å². The molecular formula is C22H25BrN2O. The molecule has 136 valence electrons. The van der Waals surface area contributed by atoms with E-state index in [0.717, 1.165) is 45.9 Å². The predicted molar refractivity (Wildman–Crippen MR) is 111 cm³/mol. The van der Waals surface area contributed by atoms with Crippen molar-refractivity contribution >= 4 is 15.9 Å². The maximum absolute atomic E-state index is 5.83. The first-order chi connectivity index (χ1) is 12.8. The summed E-state index contributed by atoms with van der Waals surface area (Å²) in [5, 5.41) is 0. The molecule has 3 aromatic rings. The third kappa shape index (κ3) is 5.21. The molecule has 0 fully saturated rings. The molecule has 0 aliphatic rings. The highest BCUT2D eigenvalue weighted by Crippen LogP contribution is 2.25. The fourth-order valence-corrected chi connectivity index (χ4v) is 3.11. The van der Waals surface area contributed by atoms with Gasteiger partial charge in [-0.25, -0.2) is 4.98 Å². The van der Waals surface area contributed by atoms with Gasteiger partial charge in [-0.1, -0.05) is 60.7 Å². The molecule has 0 saturated carbocycles. The SMILES string of the molecule is CCCCCCCOc1ccc(-c2cnc(-c3ccc(Br)cc3)[nH]2)cc1. The van der Waals surface area contributed by atoms with Crippen LogP contribution in [-0.2, 0) is 0 Å². The molecule has 0 radical (unpaired) electrons. The van der Waals surface area contributed by atoms with Crippen molar-refractivity contribution in [2.75, 3.05) is 6.61 Å². The van der Waals surface area contributed by atoms with Crippen molar-refractivity contribution in [2.45, 2.75) is 39.0 Å². The first kappa shape index (κ1) is 18.7. The Kier molecular flexibility index (Phi) is 6.89. The number of nitrogens with one attached hydrogen (secondary N) is 1.